The van der Waals surface area contributed by atoms with Gasteiger partial charge < -0.3 is 0 Å². The smallest absolute Gasteiger partial charge is 0.115 e. The molecule has 0 fully saturated rings. The third-order valence-electron chi connectivity index (χ3n) is 5.98. The SMILES string of the molecule is N#Cc1c(SCc2ccccc2)nc2c(c1-c1ccccc1)CCCC2=Cc1ccccc1. The molecular formula is C30H24N2S. The van der Waals surface area contributed by atoms with E-state index in [0.717, 1.165) is 46.9 Å². The minimum absolute atomic E-state index is 0.696. The van der Waals surface area contributed by atoms with Crippen molar-refractivity contribution in [3.63, 3.8) is 0 Å². The molecule has 160 valence electrons. The Kier molecular flexibility index (Phi) is 6.37. The van der Waals surface area contributed by atoms with Crippen LogP contribution in [0, 0.1) is 11.3 Å². The molecule has 0 atom stereocenters. The van der Waals surface area contributed by atoms with E-state index in [1.807, 2.05) is 30.3 Å². The fourth-order valence-electron chi connectivity index (χ4n) is 4.43. The standard InChI is InChI=1S/C30H24N2S/c31-20-27-28(24-15-8-3-9-16-24)26-18-10-17-25(19-22-11-4-1-5-12-22)29(26)32-30(27)33-21-23-13-6-2-7-14-23/h1-9,11-16,19H,10,17-18,21H2. The van der Waals surface area contributed by atoms with Crippen molar-refractivity contribution in [2.24, 2.45) is 0 Å². The first kappa shape index (κ1) is 21.2. The molecule has 4 aromatic rings. The van der Waals surface area contributed by atoms with Gasteiger partial charge in [0.2, 0.25) is 0 Å². The highest BCUT2D eigenvalue weighted by molar-refractivity contribution is 7.98. The summed E-state index contributed by atoms with van der Waals surface area (Å²) in [5.74, 6) is 0.785. The van der Waals surface area contributed by atoms with Gasteiger partial charge in [0.1, 0.15) is 11.1 Å². The van der Waals surface area contributed by atoms with Gasteiger partial charge in [0.05, 0.1) is 11.3 Å². The van der Waals surface area contributed by atoms with Gasteiger partial charge in [-0.1, -0.05) is 91.0 Å². The van der Waals surface area contributed by atoms with Crippen molar-refractivity contribution >= 4 is 23.4 Å². The second kappa shape index (κ2) is 9.90. The van der Waals surface area contributed by atoms with Crippen LogP contribution < -0.4 is 0 Å². The molecule has 1 aromatic heterocycles. The molecule has 33 heavy (non-hydrogen) atoms. The van der Waals surface area contributed by atoms with Crippen molar-refractivity contribution in [1.82, 2.24) is 4.98 Å². The second-order valence-electron chi connectivity index (χ2n) is 8.18. The largest absolute Gasteiger partial charge is 0.240 e. The average Bonchev–Trinajstić information content (AvgIpc) is 2.88. The lowest BCUT2D eigenvalue weighted by molar-refractivity contribution is 0.803. The highest BCUT2D eigenvalue weighted by Gasteiger charge is 2.25. The number of benzene rings is 3. The Hall–Kier alpha value is -3.61. The van der Waals surface area contributed by atoms with Gasteiger partial charge in [0.25, 0.3) is 0 Å². The first-order valence-corrected chi connectivity index (χ1v) is 12.3. The molecule has 2 nitrogen and oxygen atoms in total. The van der Waals surface area contributed by atoms with Crippen molar-refractivity contribution in [2.45, 2.75) is 30.0 Å². The highest BCUT2D eigenvalue weighted by Crippen LogP contribution is 2.42. The maximum atomic E-state index is 10.2. The zero-order valence-corrected chi connectivity index (χ0v) is 19.2. The summed E-state index contributed by atoms with van der Waals surface area (Å²) in [5, 5.41) is 11.1. The molecule has 0 saturated heterocycles. The Bertz CT molecular complexity index is 1320. The molecule has 1 aliphatic carbocycles. The molecule has 3 heteroatoms. The van der Waals surface area contributed by atoms with Crippen molar-refractivity contribution in [1.29, 1.82) is 5.26 Å². The number of hydrogen-bond acceptors (Lipinski definition) is 3. The van der Waals surface area contributed by atoms with Crippen LogP contribution in [-0.4, -0.2) is 4.98 Å². The Labute approximate surface area is 199 Å². The van der Waals surface area contributed by atoms with Crippen molar-refractivity contribution in [3.8, 4) is 17.2 Å². The number of rotatable bonds is 5. The normalized spacial score (nSPS) is 14.0. The summed E-state index contributed by atoms with van der Waals surface area (Å²) in [7, 11) is 0. The van der Waals surface area contributed by atoms with E-state index in [4.69, 9.17) is 4.98 Å². The summed E-state index contributed by atoms with van der Waals surface area (Å²) in [6.07, 6.45) is 5.26. The number of aromatic nitrogens is 1. The third-order valence-corrected chi connectivity index (χ3v) is 7.02. The van der Waals surface area contributed by atoms with Gasteiger partial charge >= 0.3 is 0 Å². The zero-order valence-electron chi connectivity index (χ0n) is 18.4. The molecule has 0 bridgehead atoms. The predicted molar refractivity (Wildman–Crippen MR) is 138 cm³/mol. The molecular weight excluding hydrogens is 420 g/mol. The van der Waals surface area contributed by atoms with Crippen LogP contribution in [0.3, 0.4) is 0 Å². The molecule has 0 saturated carbocycles. The Balaban J connectivity index is 1.67. The summed E-state index contributed by atoms with van der Waals surface area (Å²) in [6, 6.07) is 33.7. The monoisotopic (exact) mass is 444 g/mol. The average molecular weight is 445 g/mol. The maximum Gasteiger partial charge on any atom is 0.115 e. The summed E-state index contributed by atoms with van der Waals surface area (Å²) in [5.41, 5.74) is 8.77. The second-order valence-corrected chi connectivity index (χ2v) is 9.14. The van der Waals surface area contributed by atoms with E-state index in [0.29, 0.717) is 5.56 Å². The van der Waals surface area contributed by atoms with Gasteiger partial charge in [-0.05, 0) is 53.2 Å². The lowest BCUT2D eigenvalue weighted by Crippen LogP contribution is -2.10. The van der Waals surface area contributed by atoms with Gasteiger partial charge in [0, 0.05) is 11.3 Å². The van der Waals surface area contributed by atoms with Crippen molar-refractivity contribution in [3.05, 3.63) is 119 Å². The maximum absolute atomic E-state index is 10.2. The van der Waals surface area contributed by atoms with Crippen LogP contribution in [0.25, 0.3) is 22.8 Å². The highest BCUT2D eigenvalue weighted by atomic mass is 32.2. The molecule has 3 aromatic carbocycles. The number of hydrogen-bond donors (Lipinski definition) is 0. The Morgan fingerprint density at radius 3 is 2.21 bits per heavy atom. The Morgan fingerprint density at radius 1 is 0.848 bits per heavy atom. The first-order chi connectivity index (χ1) is 16.3. The van der Waals surface area contributed by atoms with Crippen LogP contribution in [0.2, 0.25) is 0 Å². The fraction of sp³-hybridized carbons (Fsp3) is 0.133. The van der Waals surface area contributed by atoms with Gasteiger partial charge in [-0.2, -0.15) is 5.26 Å². The predicted octanol–water partition coefficient (Wildman–Crippen LogP) is 7.79. The van der Waals surface area contributed by atoms with Gasteiger partial charge in [-0.15, -0.1) is 11.8 Å². The van der Waals surface area contributed by atoms with E-state index in [9.17, 15) is 5.26 Å². The molecule has 0 unspecified atom stereocenters. The topological polar surface area (TPSA) is 36.7 Å². The van der Waals surface area contributed by atoms with Gasteiger partial charge in [0.15, 0.2) is 0 Å². The molecule has 1 heterocycles. The van der Waals surface area contributed by atoms with E-state index < -0.39 is 0 Å². The minimum atomic E-state index is 0.696. The lowest BCUT2D eigenvalue weighted by Gasteiger charge is -2.24. The summed E-state index contributed by atoms with van der Waals surface area (Å²) in [4.78, 5) is 5.14. The van der Waals surface area contributed by atoms with Crippen LogP contribution >= 0.6 is 11.8 Å². The van der Waals surface area contributed by atoms with Crippen LogP contribution in [0.15, 0.2) is 96.0 Å². The third kappa shape index (κ3) is 4.62. The van der Waals surface area contributed by atoms with Crippen molar-refractivity contribution < 1.29 is 0 Å². The van der Waals surface area contributed by atoms with Gasteiger partial charge in [-0.3, -0.25) is 0 Å². The minimum Gasteiger partial charge on any atom is -0.240 e. The molecule has 1 aliphatic rings. The first-order valence-electron chi connectivity index (χ1n) is 11.3. The fourth-order valence-corrected chi connectivity index (χ4v) is 5.38. The molecule has 5 rings (SSSR count). The summed E-state index contributed by atoms with van der Waals surface area (Å²) < 4.78 is 0. The van der Waals surface area contributed by atoms with Crippen LogP contribution in [-0.2, 0) is 12.2 Å². The van der Waals surface area contributed by atoms with E-state index in [-0.39, 0.29) is 0 Å². The summed E-state index contributed by atoms with van der Waals surface area (Å²) >= 11 is 1.65. The lowest BCUT2D eigenvalue weighted by atomic mass is 9.84. The van der Waals surface area contributed by atoms with Crippen LogP contribution in [0.4, 0.5) is 0 Å². The van der Waals surface area contributed by atoms with Crippen LogP contribution in [0.5, 0.6) is 0 Å². The number of nitrogens with zero attached hydrogens (tertiary/aromatic N) is 2. The summed E-state index contributed by atoms with van der Waals surface area (Å²) in [6.45, 7) is 0. The quantitative estimate of drug-likeness (QED) is 0.295. The molecule has 0 N–H and O–H groups in total. The Morgan fingerprint density at radius 2 is 1.52 bits per heavy atom. The van der Waals surface area contributed by atoms with Crippen LogP contribution in [0.1, 0.15) is 40.8 Å². The van der Waals surface area contributed by atoms with E-state index in [2.05, 4.69) is 72.8 Å². The molecule has 0 aliphatic heterocycles. The van der Waals surface area contributed by atoms with E-state index in [1.54, 1.807) is 11.8 Å². The number of thioether (sulfide) groups is 1. The number of pyridine rings is 1. The number of fused-ring (bicyclic) bond motifs is 1. The molecule has 0 radical (unpaired) electrons. The van der Waals surface area contributed by atoms with Crippen molar-refractivity contribution in [2.75, 3.05) is 0 Å². The number of nitriles is 1. The molecule has 0 amide bonds. The zero-order chi connectivity index (χ0) is 22.5. The van der Waals surface area contributed by atoms with Gasteiger partial charge in [-0.25, -0.2) is 4.98 Å². The van der Waals surface area contributed by atoms with E-state index in [1.165, 1.54) is 22.3 Å². The van der Waals surface area contributed by atoms with E-state index >= 15 is 0 Å². The molecule has 0 spiro atoms. The number of allylic oxidation sites excluding steroid dienone is 1.